The Morgan fingerprint density at radius 3 is 2.12 bits per heavy atom. The summed E-state index contributed by atoms with van der Waals surface area (Å²) in [6.07, 6.45) is 0. The van der Waals surface area contributed by atoms with Crippen LogP contribution in [0, 0.1) is 5.41 Å². The minimum atomic E-state index is -0.166. The summed E-state index contributed by atoms with van der Waals surface area (Å²) in [6.45, 7) is 20.5. The summed E-state index contributed by atoms with van der Waals surface area (Å²) in [6, 6.07) is 12.7. The monoisotopic (exact) mass is 546 g/mol. The molecule has 216 valence electrons. The number of benzene rings is 2. The lowest BCUT2D eigenvalue weighted by Crippen LogP contribution is -2.47. The van der Waals surface area contributed by atoms with Crippen molar-refractivity contribution in [3.8, 4) is 0 Å². The molecule has 7 nitrogen and oxygen atoms in total. The second-order valence-electron chi connectivity index (χ2n) is 13.3. The van der Waals surface area contributed by atoms with E-state index in [2.05, 4.69) is 75.6 Å². The molecule has 0 unspecified atom stereocenters. The molecular weight excluding hydrogens is 500 g/mol. The standard InChI is InChI=1S/C33H46N4O3/c1-8-40-30(39)22-36-13-11-35(12-14-36)19-23-15-25(17-27(16-23)33(5,6)7)29(38)21-37-20-24-9-10-26(32(2,3)4)18-28(24)31(37)34/h9-10,15-18,34H,8,11-14,19-22H2,1-7H3. The predicted octanol–water partition coefficient (Wildman–Crippen LogP) is 4.99. The number of Topliss-reactive ketones (excluding diaryl/α,β-unsaturated/α-hetero) is 1. The second kappa shape index (κ2) is 11.8. The molecule has 7 heteroatoms. The van der Waals surface area contributed by atoms with Crippen LogP contribution in [0.5, 0.6) is 0 Å². The first-order chi connectivity index (χ1) is 18.7. The van der Waals surface area contributed by atoms with Gasteiger partial charge in [-0.3, -0.25) is 24.8 Å². The average molecular weight is 547 g/mol. The first kappa shape index (κ1) is 29.9. The van der Waals surface area contributed by atoms with E-state index in [1.807, 2.05) is 24.0 Å². The molecular formula is C33H46N4O3. The van der Waals surface area contributed by atoms with E-state index in [1.165, 1.54) is 5.56 Å². The van der Waals surface area contributed by atoms with Crippen LogP contribution in [0.2, 0.25) is 0 Å². The molecule has 0 bridgehead atoms. The van der Waals surface area contributed by atoms with Crippen LogP contribution < -0.4 is 0 Å². The summed E-state index contributed by atoms with van der Waals surface area (Å²) in [4.78, 5) is 31.9. The Labute approximate surface area is 240 Å². The molecule has 1 saturated heterocycles. The van der Waals surface area contributed by atoms with Gasteiger partial charge in [0.05, 0.1) is 19.7 Å². The lowest BCUT2D eigenvalue weighted by molar-refractivity contribution is -0.144. The fourth-order valence-corrected chi connectivity index (χ4v) is 5.39. The number of piperazine rings is 1. The van der Waals surface area contributed by atoms with Gasteiger partial charge in [-0.25, -0.2) is 0 Å². The van der Waals surface area contributed by atoms with Gasteiger partial charge in [-0.1, -0.05) is 59.7 Å². The van der Waals surface area contributed by atoms with Gasteiger partial charge in [-0.2, -0.15) is 0 Å². The van der Waals surface area contributed by atoms with Crippen molar-refractivity contribution in [2.75, 3.05) is 45.9 Å². The molecule has 0 amide bonds. The molecule has 0 aliphatic carbocycles. The number of hydrogen-bond acceptors (Lipinski definition) is 6. The van der Waals surface area contributed by atoms with Crippen molar-refractivity contribution in [1.82, 2.24) is 14.7 Å². The fourth-order valence-electron chi connectivity index (χ4n) is 5.39. The van der Waals surface area contributed by atoms with Crippen molar-refractivity contribution in [2.24, 2.45) is 0 Å². The zero-order chi connectivity index (χ0) is 29.2. The highest BCUT2D eigenvalue weighted by molar-refractivity contribution is 6.05. The maximum absolute atomic E-state index is 13.6. The molecule has 1 N–H and O–H groups in total. The van der Waals surface area contributed by atoms with E-state index in [0.29, 0.717) is 31.1 Å². The van der Waals surface area contributed by atoms with Crippen LogP contribution in [-0.4, -0.2) is 78.2 Å². The topological polar surface area (TPSA) is 76.9 Å². The normalized spacial score (nSPS) is 16.8. The number of nitrogens with one attached hydrogen (secondary N) is 1. The Morgan fingerprint density at radius 2 is 1.50 bits per heavy atom. The minimum absolute atomic E-state index is 0.00980. The number of fused-ring (bicyclic) bond motifs is 1. The van der Waals surface area contributed by atoms with Crippen molar-refractivity contribution in [1.29, 1.82) is 5.41 Å². The van der Waals surface area contributed by atoms with Gasteiger partial charge >= 0.3 is 5.97 Å². The van der Waals surface area contributed by atoms with Crippen LogP contribution in [0.15, 0.2) is 36.4 Å². The quantitative estimate of drug-likeness (QED) is 0.372. The van der Waals surface area contributed by atoms with E-state index in [-0.39, 0.29) is 29.1 Å². The molecule has 2 heterocycles. The molecule has 40 heavy (non-hydrogen) atoms. The maximum atomic E-state index is 13.6. The molecule has 2 aromatic carbocycles. The van der Waals surface area contributed by atoms with Gasteiger partial charge in [0.15, 0.2) is 5.78 Å². The van der Waals surface area contributed by atoms with Crippen LogP contribution in [0.1, 0.15) is 86.6 Å². The molecule has 0 aromatic heterocycles. The van der Waals surface area contributed by atoms with Gasteiger partial charge in [0.1, 0.15) is 5.84 Å². The molecule has 2 aliphatic rings. The smallest absolute Gasteiger partial charge is 0.320 e. The summed E-state index contributed by atoms with van der Waals surface area (Å²) in [7, 11) is 0. The fraction of sp³-hybridized carbons (Fsp3) is 0.545. The molecule has 2 aliphatic heterocycles. The van der Waals surface area contributed by atoms with Crippen LogP contribution >= 0.6 is 0 Å². The van der Waals surface area contributed by atoms with Gasteiger partial charge in [0, 0.05) is 50.4 Å². The Bertz CT molecular complexity index is 1260. The van der Waals surface area contributed by atoms with Gasteiger partial charge < -0.3 is 9.64 Å². The SMILES string of the molecule is CCOC(=O)CN1CCN(Cc2cc(C(=O)CN3Cc4ccc(C(C)(C)C)cc4C3=N)cc(C(C)(C)C)c2)CC1. The third-order valence-electron chi connectivity index (χ3n) is 7.95. The number of ether oxygens (including phenoxy) is 1. The average Bonchev–Trinajstić information content (AvgIpc) is 3.18. The number of rotatable bonds is 8. The molecule has 0 atom stereocenters. The zero-order valence-corrected chi connectivity index (χ0v) is 25.4. The van der Waals surface area contributed by atoms with Gasteiger partial charge in [0.25, 0.3) is 0 Å². The number of nitrogens with zero attached hydrogens (tertiary/aromatic N) is 3. The maximum Gasteiger partial charge on any atom is 0.320 e. The van der Waals surface area contributed by atoms with Gasteiger partial charge in [-0.15, -0.1) is 0 Å². The number of hydrogen-bond donors (Lipinski definition) is 1. The summed E-state index contributed by atoms with van der Waals surface area (Å²) in [5.74, 6) is 0.309. The number of carbonyl (C=O) groups is 2. The van der Waals surface area contributed by atoms with Crippen molar-refractivity contribution >= 4 is 17.6 Å². The highest BCUT2D eigenvalue weighted by Crippen LogP contribution is 2.30. The Balaban J connectivity index is 1.46. The summed E-state index contributed by atoms with van der Waals surface area (Å²) < 4.78 is 5.10. The third kappa shape index (κ3) is 7.18. The second-order valence-corrected chi connectivity index (χ2v) is 13.3. The molecule has 1 fully saturated rings. The summed E-state index contributed by atoms with van der Waals surface area (Å²) in [5, 5.41) is 8.81. The molecule has 0 spiro atoms. The summed E-state index contributed by atoms with van der Waals surface area (Å²) in [5.41, 5.74) is 6.15. The van der Waals surface area contributed by atoms with E-state index >= 15 is 0 Å². The lowest BCUT2D eigenvalue weighted by atomic mass is 9.84. The van der Waals surface area contributed by atoms with Crippen molar-refractivity contribution in [2.45, 2.75) is 72.4 Å². The number of carbonyl (C=O) groups excluding carboxylic acids is 2. The first-order valence-corrected chi connectivity index (χ1v) is 14.5. The van der Waals surface area contributed by atoms with Gasteiger partial charge in [-0.05, 0) is 58.2 Å². The highest BCUT2D eigenvalue weighted by atomic mass is 16.5. The number of esters is 1. The van der Waals surface area contributed by atoms with Crippen LogP contribution in [0.25, 0.3) is 0 Å². The molecule has 4 rings (SSSR count). The van der Waals surface area contributed by atoms with Gasteiger partial charge in [0.2, 0.25) is 0 Å². The van der Waals surface area contributed by atoms with E-state index in [4.69, 9.17) is 10.1 Å². The predicted molar refractivity (Wildman–Crippen MR) is 160 cm³/mol. The Hall–Kier alpha value is -3.03. The Morgan fingerprint density at radius 1 is 0.850 bits per heavy atom. The number of amidine groups is 1. The van der Waals surface area contributed by atoms with Crippen molar-refractivity contribution in [3.05, 3.63) is 69.8 Å². The summed E-state index contributed by atoms with van der Waals surface area (Å²) >= 11 is 0. The van der Waals surface area contributed by atoms with Crippen molar-refractivity contribution in [3.63, 3.8) is 0 Å². The van der Waals surface area contributed by atoms with Crippen LogP contribution in [0.4, 0.5) is 0 Å². The Kier molecular flexibility index (Phi) is 8.86. The third-order valence-corrected chi connectivity index (χ3v) is 7.95. The van der Waals surface area contributed by atoms with E-state index in [1.54, 1.807) is 0 Å². The van der Waals surface area contributed by atoms with Crippen molar-refractivity contribution < 1.29 is 14.3 Å². The van der Waals surface area contributed by atoms with E-state index in [9.17, 15) is 9.59 Å². The lowest BCUT2D eigenvalue weighted by Gasteiger charge is -2.34. The van der Waals surface area contributed by atoms with E-state index in [0.717, 1.165) is 55.0 Å². The zero-order valence-electron chi connectivity index (χ0n) is 25.4. The largest absolute Gasteiger partial charge is 0.465 e. The highest BCUT2D eigenvalue weighted by Gasteiger charge is 2.29. The number of ketones is 1. The molecule has 2 aromatic rings. The molecule has 0 radical (unpaired) electrons. The van der Waals surface area contributed by atoms with E-state index < -0.39 is 0 Å². The van der Waals surface area contributed by atoms with Crippen LogP contribution in [-0.2, 0) is 33.5 Å². The molecule has 0 saturated carbocycles. The van der Waals surface area contributed by atoms with Crippen LogP contribution in [0.3, 0.4) is 0 Å². The first-order valence-electron chi connectivity index (χ1n) is 14.5. The minimum Gasteiger partial charge on any atom is -0.465 e.